The third-order valence-electron chi connectivity index (χ3n) is 3.00. The minimum atomic E-state index is -0.0453. The molecule has 104 valence electrons. The highest BCUT2D eigenvalue weighted by Gasteiger charge is 2.13. The van der Waals surface area contributed by atoms with Crippen LogP contribution in [-0.2, 0) is 0 Å². The van der Waals surface area contributed by atoms with E-state index in [9.17, 15) is 4.79 Å². The Morgan fingerprint density at radius 2 is 1.90 bits per heavy atom. The van der Waals surface area contributed by atoms with Crippen LogP contribution in [0.1, 0.15) is 17.3 Å². The van der Waals surface area contributed by atoms with E-state index in [0.29, 0.717) is 17.1 Å². The first-order valence-electron chi connectivity index (χ1n) is 6.31. The molecular formula is C15H11BrN4O. The van der Waals surface area contributed by atoms with Crippen LogP contribution in [0.4, 0.5) is 0 Å². The monoisotopic (exact) mass is 342 g/mol. The molecule has 0 fully saturated rings. The van der Waals surface area contributed by atoms with E-state index in [1.54, 1.807) is 12.1 Å². The van der Waals surface area contributed by atoms with E-state index >= 15 is 0 Å². The molecule has 5 nitrogen and oxygen atoms in total. The van der Waals surface area contributed by atoms with Gasteiger partial charge in [-0.05, 0) is 30.3 Å². The molecule has 0 aliphatic heterocycles. The van der Waals surface area contributed by atoms with Crippen LogP contribution in [0.5, 0.6) is 0 Å². The number of benzene rings is 2. The zero-order valence-electron chi connectivity index (χ0n) is 11.2. The van der Waals surface area contributed by atoms with Gasteiger partial charge in [-0.25, -0.2) is 0 Å². The number of hydrogen-bond donors (Lipinski definition) is 0. The lowest BCUT2D eigenvalue weighted by Gasteiger charge is -2.05. The number of aromatic nitrogens is 4. The third kappa shape index (κ3) is 2.75. The van der Waals surface area contributed by atoms with Crippen LogP contribution < -0.4 is 0 Å². The number of Topliss-reactive ketones (excluding diaryl/α,β-unsaturated/α-hetero) is 1. The first-order valence-corrected chi connectivity index (χ1v) is 7.11. The number of carbonyl (C=O) groups is 1. The van der Waals surface area contributed by atoms with Gasteiger partial charge in [0.1, 0.15) is 0 Å². The fourth-order valence-electron chi connectivity index (χ4n) is 1.99. The number of rotatable bonds is 3. The predicted octanol–water partition coefficient (Wildman–Crippen LogP) is 3.29. The smallest absolute Gasteiger partial charge is 0.205 e. The summed E-state index contributed by atoms with van der Waals surface area (Å²) in [6.07, 6.45) is 0. The molecule has 0 aliphatic rings. The van der Waals surface area contributed by atoms with Gasteiger partial charge in [0.25, 0.3) is 0 Å². The zero-order chi connectivity index (χ0) is 14.8. The molecule has 0 amide bonds. The number of carbonyl (C=O) groups excluding carboxylic acids is 1. The van der Waals surface area contributed by atoms with E-state index in [0.717, 1.165) is 10.0 Å². The van der Waals surface area contributed by atoms with Crippen LogP contribution >= 0.6 is 15.9 Å². The van der Waals surface area contributed by atoms with Crippen molar-refractivity contribution in [2.24, 2.45) is 0 Å². The topological polar surface area (TPSA) is 60.7 Å². The largest absolute Gasteiger partial charge is 0.294 e. The number of tetrazole rings is 1. The lowest BCUT2D eigenvalue weighted by Crippen LogP contribution is -2.06. The Bertz CT molecular complexity index is 798. The molecule has 0 unspecified atom stereocenters. The second-order valence-electron chi connectivity index (χ2n) is 4.49. The van der Waals surface area contributed by atoms with Crippen molar-refractivity contribution in [1.29, 1.82) is 0 Å². The Hall–Kier alpha value is -2.34. The maximum absolute atomic E-state index is 11.7. The van der Waals surface area contributed by atoms with Gasteiger partial charge in [-0.15, -0.1) is 15.0 Å². The highest BCUT2D eigenvalue weighted by molar-refractivity contribution is 9.10. The molecular weight excluding hydrogens is 332 g/mol. The Morgan fingerprint density at radius 3 is 2.62 bits per heavy atom. The summed E-state index contributed by atoms with van der Waals surface area (Å²) in [5, 5.41) is 12.5. The fraction of sp³-hybridized carbons (Fsp3) is 0.0667. The maximum Gasteiger partial charge on any atom is 0.205 e. The van der Waals surface area contributed by atoms with Gasteiger partial charge < -0.3 is 0 Å². The van der Waals surface area contributed by atoms with Crippen molar-refractivity contribution in [3.63, 3.8) is 0 Å². The summed E-state index contributed by atoms with van der Waals surface area (Å²) in [6, 6.07) is 14.9. The molecule has 0 N–H and O–H groups in total. The van der Waals surface area contributed by atoms with Gasteiger partial charge in [-0.1, -0.05) is 46.3 Å². The molecule has 0 bridgehead atoms. The molecule has 0 atom stereocenters. The summed E-state index contributed by atoms with van der Waals surface area (Å²) in [5.74, 6) is 0.473. The van der Waals surface area contributed by atoms with Crippen molar-refractivity contribution < 1.29 is 4.79 Å². The number of nitrogens with zero attached hydrogens (tertiary/aromatic N) is 4. The van der Waals surface area contributed by atoms with E-state index in [1.807, 2.05) is 36.4 Å². The van der Waals surface area contributed by atoms with Gasteiger partial charge >= 0.3 is 0 Å². The van der Waals surface area contributed by atoms with Gasteiger partial charge in [0.2, 0.25) is 5.82 Å². The first-order chi connectivity index (χ1) is 10.1. The normalized spacial score (nSPS) is 10.6. The zero-order valence-corrected chi connectivity index (χ0v) is 12.8. The molecule has 0 aliphatic carbocycles. The summed E-state index contributed by atoms with van der Waals surface area (Å²) in [5.41, 5.74) is 2.03. The third-order valence-corrected chi connectivity index (χ3v) is 3.49. The Balaban J connectivity index is 2.08. The molecule has 2 aromatic carbocycles. The van der Waals surface area contributed by atoms with Crippen LogP contribution in [0.25, 0.3) is 17.1 Å². The number of hydrogen-bond acceptors (Lipinski definition) is 4. The molecule has 0 spiro atoms. The number of halogens is 1. The van der Waals surface area contributed by atoms with Crippen LogP contribution in [0.15, 0.2) is 53.0 Å². The summed E-state index contributed by atoms with van der Waals surface area (Å²) in [7, 11) is 0. The molecule has 1 heterocycles. The van der Waals surface area contributed by atoms with Gasteiger partial charge in [0.05, 0.1) is 5.69 Å². The van der Waals surface area contributed by atoms with E-state index < -0.39 is 0 Å². The summed E-state index contributed by atoms with van der Waals surface area (Å²) in [4.78, 5) is 13.1. The lowest BCUT2D eigenvalue weighted by atomic mass is 10.1. The van der Waals surface area contributed by atoms with Crippen molar-refractivity contribution in [3.8, 4) is 17.1 Å². The molecule has 3 aromatic rings. The number of ketones is 1. The first kappa shape index (κ1) is 13.6. The Labute approximate surface area is 129 Å². The summed E-state index contributed by atoms with van der Waals surface area (Å²) >= 11 is 3.39. The van der Waals surface area contributed by atoms with Crippen LogP contribution in [-0.4, -0.2) is 26.0 Å². The summed E-state index contributed by atoms with van der Waals surface area (Å²) < 4.78 is 0.848. The average Bonchev–Trinajstić information content (AvgIpc) is 2.97. The van der Waals surface area contributed by atoms with Crippen molar-refractivity contribution in [2.45, 2.75) is 6.92 Å². The average molecular weight is 343 g/mol. The standard InChI is InChI=1S/C15H11BrN4O/c1-10(21)13-8-7-12(16)9-14(13)20-18-15(17-19-20)11-5-3-2-4-6-11/h2-9H,1H3. The minimum Gasteiger partial charge on any atom is -0.294 e. The van der Waals surface area contributed by atoms with Gasteiger partial charge in [0.15, 0.2) is 5.78 Å². The lowest BCUT2D eigenvalue weighted by molar-refractivity contribution is 0.101. The molecule has 6 heteroatoms. The highest BCUT2D eigenvalue weighted by Crippen LogP contribution is 2.21. The van der Waals surface area contributed by atoms with Crippen molar-refractivity contribution in [2.75, 3.05) is 0 Å². The second-order valence-corrected chi connectivity index (χ2v) is 5.40. The highest BCUT2D eigenvalue weighted by atomic mass is 79.9. The SMILES string of the molecule is CC(=O)c1ccc(Br)cc1-n1nnc(-c2ccccc2)n1. The molecule has 1 aromatic heterocycles. The van der Waals surface area contributed by atoms with E-state index in [4.69, 9.17) is 0 Å². The molecule has 0 saturated heterocycles. The Morgan fingerprint density at radius 1 is 1.14 bits per heavy atom. The second kappa shape index (κ2) is 5.57. The summed E-state index contributed by atoms with van der Waals surface area (Å²) in [6.45, 7) is 1.52. The molecule has 0 saturated carbocycles. The van der Waals surface area contributed by atoms with Crippen LogP contribution in [0, 0.1) is 0 Å². The van der Waals surface area contributed by atoms with Crippen molar-refractivity contribution in [1.82, 2.24) is 20.2 Å². The van der Waals surface area contributed by atoms with Crippen molar-refractivity contribution >= 4 is 21.7 Å². The van der Waals surface area contributed by atoms with Crippen LogP contribution in [0.3, 0.4) is 0 Å². The van der Waals surface area contributed by atoms with Crippen LogP contribution in [0.2, 0.25) is 0 Å². The molecule has 3 rings (SSSR count). The van der Waals surface area contributed by atoms with E-state index in [1.165, 1.54) is 11.7 Å². The predicted molar refractivity (Wildman–Crippen MR) is 82.3 cm³/mol. The van der Waals surface area contributed by atoms with Gasteiger partial charge in [0, 0.05) is 15.6 Å². The quantitative estimate of drug-likeness (QED) is 0.685. The Kier molecular flexibility index (Phi) is 3.62. The molecule has 21 heavy (non-hydrogen) atoms. The molecule has 0 radical (unpaired) electrons. The van der Waals surface area contributed by atoms with E-state index in [2.05, 4.69) is 31.3 Å². The minimum absolute atomic E-state index is 0.0453. The van der Waals surface area contributed by atoms with Crippen molar-refractivity contribution in [3.05, 3.63) is 58.6 Å². The fourth-order valence-corrected chi connectivity index (χ4v) is 2.34. The van der Waals surface area contributed by atoms with E-state index in [-0.39, 0.29) is 5.78 Å². The van der Waals surface area contributed by atoms with Gasteiger partial charge in [-0.2, -0.15) is 0 Å². The van der Waals surface area contributed by atoms with Gasteiger partial charge in [-0.3, -0.25) is 4.79 Å². The maximum atomic E-state index is 11.7.